The van der Waals surface area contributed by atoms with Crippen molar-refractivity contribution in [1.29, 1.82) is 5.26 Å². The smallest absolute Gasteiger partial charge is 0.144 e. The van der Waals surface area contributed by atoms with E-state index in [-0.39, 0.29) is 0 Å². The highest BCUT2D eigenvalue weighted by molar-refractivity contribution is 5.57. The van der Waals surface area contributed by atoms with Crippen molar-refractivity contribution in [2.75, 3.05) is 24.1 Å². The molecule has 1 aromatic rings. The van der Waals surface area contributed by atoms with E-state index in [1.165, 1.54) is 19.4 Å². The van der Waals surface area contributed by atoms with Crippen LogP contribution in [0.25, 0.3) is 0 Å². The maximum atomic E-state index is 9.11. The minimum absolute atomic E-state index is 0.413. The van der Waals surface area contributed by atoms with Crippen LogP contribution in [0.15, 0.2) is 12.3 Å². The quantitative estimate of drug-likeness (QED) is 0.815. The fourth-order valence-corrected chi connectivity index (χ4v) is 3.11. The number of nitriles is 1. The highest BCUT2D eigenvalue weighted by atomic mass is 15.2. The van der Waals surface area contributed by atoms with E-state index in [0.29, 0.717) is 29.2 Å². The Hall–Kier alpha value is -1.80. The Kier molecular flexibility index (Phi) is 2.80. The van der Waals surface area contributed by atoms with Gasteiger partial charge < -0.3 is 11.1 Å². The molecule has 0 radical (unpaired) electrons. The van der Waals surface area contributed by atoms with Gasteiger partial charge in [-0.2, -0.15) is 5.26 Å². The summed E-state index contributed by atoms with van der Waals surface area (Å²) in [5, 5.41) is 12.5. The number of hydrogen-bond acceptors (Lipinski definition) is 5. The summed E-state index contributed by atoms with van der Waals surface area (Å²) in [5.41, 5.74) is 6.71. The van der Waals surface area contributed by atoms with Crippen molar-refractivity contribution in [3.8, 4) is 6.07 Å². The fraction of sp³-hybridized carbons (Fsp3) is 0.538. The summed E-state index contributed by atoms with van der Waals surface area (Å²) < 4.78 is 0. The van der Waals surface area contributed by atoms with Gasteiger partial charge in [0.2, 0.25) is 0 Å². The third-order valence-electron chi connectivity index (χ3n) is 3.96. The number of fused-ring (bicyclic) bond motifs is 1. The molecule has 0 aliphatic carbocycles. The Morgan fingerprint density at radius 1 is 1.44 bits per heavy atom. The number of nitrogens with one attached hydrogen (secondary N) is 1. The van der Waals surface area contributed by atoms with E-state index < -0.39 is 0 Å². The zero-order valence-corrected chi connectivity index (χ0v) is 10.3. The van der Waals surface area contributed by atoms with Gasteiger partial charge in [-0.1, -0.05) is 0 Å². The molecule has 0 saturated carbocycles. The Morgan fingerprint density at radius 3 is 3.17 bits per heavy atom. The monoisotopic (exact) mass is 243 g/mol. The molecule has 5 heteroatoms. The number of nitrogen functional groups attached to an aromatic ring is 1. The van der Waals surface area contributed by atoms with Crippen LogP contribution in [-0.2, 0) is 0 Å². The normalized spacial score (nSPS) is 26.8. The lowest BCUT2D eigenvalue weighted by atomic mass is 10.1. The first kappa shape index (κ1) is 11.3. The first-order valence-electron chi connectivity index (χ1n) is 6.44. The molecule has 2 saturated heterocycles. The van der Waals surface area contributed by atoms with Crippen LogP contribution < -0.4 is 11.1 Å². The number of pyridine rings is 1. The van der Waals surface area contributed by atoms with E-state index in [4.69, 9.17) is 11.0 Å². The molecular weight excluding hydrogens is 226 g/mol. The number of rotatable bonds is 2. The van der Waals surface area contributed by atoms with Crippen molar-refractivity contribution in [3.05, 3.63) is 17.8 Å². The Bertz CT molecular complexity index is 493. The number of hydrogen-bond donors (Lipinski definition) is 2. The summed E-state index contributed by atoms with van der Waals surface area (Å²) in [6.45, 7) is 2.36. The second-order valence-corrected chi connectivity index (χ2v) is 5.06. The van der Waals surface area contributed by atoms with Crippen molar-refractivity contribution in [1.82, 2.24) is 9.88 Å². The highest BCUT2D eigenvalue weighted by Crippen LogP contribution is 2.30. The molecule has 0 aromatic carbocycles. The van der Waals surface area contributed by atoms with Gasteiger partial charge in [0, 0.05) is 18.6 Å². The van der Waals surface area contributed by atoms with Crippen LogP contribution in [0.5, 0.6) is 0 Å². The molecule has 5 nitrogen and oxygen atoms in total. The van der Waals surface area contributed by atoms with Crippen molar-refractivity contribution >= 4 is 11.5 Å². The lowest BCUT2D eigenvalue weighted by Gasteiger charge is -2.22. The minimum atomic E-state index is 0.413. The van der Waals surface area contributed by atoms with E-state index in [1.807, 2.05) is 0 Å². The number of anilines is 2. The molecule has 0 amide bonds. The van der Waals surface area contributed by atoms with Crippen LogP contribution in [-0.4, -0.2) is 35.1 Å². The molecule has 94 valence electrons. The zero-order valence-electron chi connectivity index (χ0n) is 10.3. The van der Waals surface area contributed by atoms with Gasteiger partial charge in [0.1, 0.15) is 11.9 Å². The van der Waals surface area contributed by atoms with E-state index >= 15 is 0 Å². The SMILES string of the molecule is N#Cc1cc(N)cnc1NC1CCN2CCCC12. The molecule has 2 fully saturated rings. The second kappa shape index (κ2) is 4.46. The molecule has 0 spiro atoms. The topological polar surface area (TPSA) is 78.0 Å². The van der Waals surface area contributed by atoms with Crippen molar-refractivity contribution < 1.29 is 0 Å². The standard InChI is InChI=1S/C13H17N5/c14-7-9-6-10(15)8-16-13(9)17-11-3-5-18-4-1-2-12(11)18/h6,8,11-12H,1-5,15H2,(H,16,17). The minimum Gasteiger partial charge on any atom is -0.397 e. The van der Waals surface area contributed by atoms with E-state index in [9.17, 15) is 0 Å². The molecule has 2 aliphatic rings. The van der Waals surface area contributed by atoms with Gasteiger partial charge in [0.25, 0.3) is 0 Å². The summed E-state index contributed by atoms with van der Waals surface area (Å²) in [7, 11) is 0. The van der Waals surface area contributed by atoms with Crippen molar-refractivity contribution in [2.45, 2.75) is 31.3 Å². The molecule has 18 heavy (non-hydrogen) atoms. The molecule has 0 bridgehead atoms. The lowest BCUT2D eigenvalue weighted by Crippen LogP contribution is -2.34. The van der Waals surface area contributed by atoms with E-state index in [2.05, 4.69) is 21.3 Å². The summed E-state index contributed by atoms with van der Waals surface area (Å²) in [6, 6.07) is 4.85. The Labute approximate surface area is 107 Å². The number of nitrogens with two attached hydrogens (primary N) is 1. The number of nitrogens with zero attached hydrogens (tertiary/aromatic N) is 3. The van der Waals surface area contributed by atoms with E-state index in [0.717, 1.165) is 13.0 Å². The maximum absolute atomic E-state index is 9.11. The molecular formula is C13H17N5. The van der Waals surface area contributed by atoms with Crippen molar-refractivity contribution in [3.63, 3.8) is 0 Å². The third kappa shape index (κ3) is 1.89. The molecule has 3 N–H and O–H groups in total. The van der Waals surface area contributed by atoms with E-state index in [1.54, 1.807) is 12.3 Å². The fourth-order valence-electron chi connectivity index (χ4n) is 3.11. The largest absolute Gasteiger partial charge is 0.397 e. The average Bonchev–Trinajstić information content (AvgIpc) is 2.96. The van der Waals surface area contributed by atoms with Gasteiger partial charge in [-0.25, -0.2) is 4.98 Å². The van der Waals surface area contributed by atoms with Crippen LogP contribution in [0.4, 0.5) is 11.5 Å². The van der Waals surface area contributed by atoms with Gasteiger partial charge in [-0.05, 0) is 31.9 Å². The van der Waals surface area contributed by atoms with Gasteiger partial charge in [-0.3, -0.25) is 4.90 Å². The number of aromatic nitrogens is 1. The first-order valence-corrected chi connectivity index (χ1v) is 6.44. The van der Waals surface area contributed by atoms with Gasteiger partial charge in [0.05, 0.1) is 17.4 Å². The van der Waals surface area contributed by atoms with Crippen LogP contribution in [0.2, 0.25) is 0 Å². The third-order valence-corrected chi connectivity index (χ3v) is 3.96. The highest BCUT2D eigenvalue weighted by Gasteiger charge is 2.37. The molecule has 3 rings (SSSR count). The first-order chi connectivity index (χ1) is 8.78. The molecule has 2 atom stereocenters. The predicted molar refractivity (Wildman–Crippen MR) is 70.0 cm³/mol. The summed E-state index contributed by atoms with van der Waals surface area (Å²) >= 11 is 0. The van der Waals surface area contributed by atoms with Crippen molar-refractivity contribution in [2.24, 2.45) is 0 Å². The van der Waals surface area contributed by atoms with Gasteiger partial charge >= 0.3 is 0 Å². The van der Waals surface area contributed by atoms with Crippen LogP contribution in [0.3, 0.4) is 0 Å². The summed E-state index contributed by atoms with van der Waals surface area (Å²) in [5.74, 6) is 0.672. The lowest BCUT2D eigenvalue weighted by molar-refractivity contribution is 0.318. The van der Waals surface area contributed by atoms with Gasteiger partial charge in [-0.15, -0.1) is 0 Å². The Balaban J connectivity index is 1.79. The summed E-state index contributed by atoms with van der Waals surface area (Å²) in [4.78, 5) is 6.78. The van der Waals surface area contributed by atoms with Crippen LogP contribution >= 0.6 is 0 Å². The predicted octanol–water partition coefficient (Wildman–Crippen LogP) is 1.18. The second-order valence-electron chi connectivity index (χ2n) is 5.06. The maximum Gasteiger partial charge on any atom is 0.144 e. The molecule has 1 aromatic heterocycles. The molecule has 3 heterocycles. The molecule has 2 unspecified atom stereocenters. The average molecular weight is 243 g/mol. The summed E-state index contributed by atoms with van der Waals surface area (Å²) in [6.07, 6.45) is 5.25. The van der Waals surface area contributed by atoms with Gasteiger partial charge in [0.15, 0.2) is 0 Å². The zero-order chi connectivity index (χ0) is 12.5. The Morgan fingerprint density at radius 2 is 2.33 bits per heavy atom. The van der Waals surface area contributed by atoms with Crippen LogP contribution in [0.1, 0.15) is 24.8 Å². The van der Waals surface area contributed by atoms with Crippen LogP contribution in [0, 0.1) is 11.3 Å². The molecule has 2 aliphatic heterocycles.